The smallest absolute Gasteiger partial charge is 0.175 e. The van der Waals surface area contributed by atoms with Gasteiger partial charge in [-0.2, -0.15) is 11.8 Å². The summed E-state index contributed by atoms with van der Waals surface area (Å²) in [5.74, 6) is 0.0269. The molecule has 0 fully saturated rings. The van der Waals surface area contributed by atoms with Crippen molar-refractivity contribution in [3.63, 3.8) is 0 Å². The van der Waals surface area contributed by atoms with E-state index in [4.69, 9.17) is 4.74 Å². The zero-order chi connectivity index (χ0) is 12.1. The predicted molar refractivity (Wildman–Crippen MR) is 64.9 cm³/mol. The highest BCUT2D eigenvalue weighted by molar-refractivity contribution is 8.00. The van der Waals surface area contributed by atoms with Gasteiger partial charge >= 0.3 is 0 Å². The van der Waals surface area contributed by atoms with E-state index in [1.165, 1.54) is 31.0 Å². The molecule has 1 rings (SSSR count). The van der Waals surface area contributed by atoms with Crippen LogP contribution in [0.1, 0.15) is 24.2 Å². The molecular formula is C12H15FO2S. The van der Waals surface area contributed by atoms with Gasteiger partial charge in [-0.1, -0.05) is 13.8 Å². The number of benzene rings is 1. The van der Waals surface area contributed by atoms with Gasteiger partial charge in [-0.3, -0.25) is 4.79 Å². The first-order valence-electron chi connectivity index (χ1n) is 5.03. The Bertz CT molecular complexity index is 377. The molecule has 0 saturated carbocycles. The lowest BCUT2D eigenvalue weighted by Crippen LogP contribution is -2.07. The minimum absolute atomic E-state index is 0.133. The van der Waals surface area contributed by atoms with Gasteiger partial charge in [0.2, 0.25) is 0 Å². The standard InChI is InChI=1S/C12H15FO2S/c1-8(2)16-7-12(14)10-5-4-9(15-3)6-11(10)13/h4-6,8H,7H2,1-3H3. The van der Waals surface area contributed by atoms with E-state index in [-0.39, 0.29) is 11.3 Å². The molecule has 2 nitrogen and oxygen atoms in total. The van der Waals surface area contributed by atoms with Gasteiger partial charge < -0.3 is 4.74 Å². The maximum absolute atomic E-state index is 13.5. The molecule has 0 aliphatic rings. The van der Waals surface area contributed by atoms with Crippen LogP contribution in [0.15, 0.2) is 18.2 Å². The summed E-state index contributed by atoms with van der Waals surface area (Å²) in [6.07, 6.45) is 0. The summed E-state index contributed by atoms with van der Waals surface area (Å²) in [5.41, 5.74) is 0.133. The molecule has 0 aromatic heterocycles. The Balaban J connectivity index is 2.76. The first kappa shape index (κ1) is 13.0. The summed E-state index contributed by atoms with van der Waals surface area (Å²) in [6, 6.07) is 4.29. The summed E-state index contributed by atoms with van der Waals surface area (Å²) in [7, 11) is 1.46. The van der Waals surface area contributed by atoms with Crippen molar-refractivity contribution in [2.24, 2.45) is 0 Å². The number of carbonyl (C=O) groups is 1. The average molecular weight is 242 g/mol. The number of methoxy groups -OCH3 is 1. The second-order valence-corrected chi connectivity index (χ2v) is 5.19. The maximum Gasteiger partial charge on any atom is 0.175 e. The molecule has 0 atom stereocenters. The van der Waals surface area contributed by atoms with Crippen molar-refractivity contribution in [1.82, 2.24) is 0 Å². The monoisotopic (exact) mass is 242 g/mol. The van der Waals surface area contributed by atoms with Crippen LogP contribution in [0.25, 0.3) is 0 Å². The fourth-order valence-corrected chi connectivity index (χ4v) is 1.81. The highest BCUT2D eigenvalue weighted by atomic mass is 32.2. The fourth-order valence-electron chi connectivity index (χ4n) is 1.17. The van der Waals surface area contributed by atoms with E-state index >= 15 is 0 Å². The lowest BCUT2D eigenvalue weighted by molar-refractivity contribution is 0.101. The SMILES string of the molecule is COc1ccc(C(=O)CSC(C)C)c(F)c1. The molecule has 16 heavy (non-hydrogen) atoms. The van der Waals surface area contributed by atoms with Crippen molar-refractivity contribution in [2.75, 3.05) is 12.9 Å². The largest absolute Gasteiger partial charge is 0.497 e. The van der Waals surface area contributed by atoms with Crippen molar-refractivity contribution in [3.8, 4) is 5.75 Å². The van der Waals surface area contributed by atoms with Gasteiger partial charge in [0.1, 0.15) is 11.6 Å². The van der Waals surface area contributed by atoms with Crippen LogP contribution in [0.3, 0.4) is 0 Å². The molecule has 0 bridgehead atoms. The number of carbonyl (C=O) groups excluding carboxylic acids is 1. The minimum atomic E-state index is -0.520. The van der Waals surface area contributed by atoms with Crippen molar-refractivity contribution < 1.29 is 13.9 Å². The van der Waals surface area contributed by atoms with Crippen LogP contribution in [0.2, 0.25) is 0 Å². The van der Waals surface area contributed by atoms with Gasteiger partial charge in [-0.25, -0.2) is 4.39 Å². The number of hydrogen-bond donors (Lipinski definition) is 0. The first-order chi connectivity index (χ1) is 7.54. The van der Waals surface area contributed by atoms with Crippen LogP contribution in [-0.2, 0) is 0 Å². The second kappa shape index (κ2) is 5.89. The number of halogens is 1. The zero-order valence-electron chi connectivity index (χ0n) is 9.62. The van der Waals surface area contributed by atoms with Gasteiger partial charge in [-0.05, 0) is 17.4 Å². The number of Topliss-reactive ketones (excluding diaryl/α,β-unsaturated/α-hetero) is 1. The summed E-state index contributed by atoms with van der Waals surface area (Å²) < 4.78 is 18.4. The first-order valence-corrected chi connectivity index (χ1v) is 6.07. The van der Waals surface area contributed by atoms with Gasteiger partial charge in [0.05, 0.1) is 18.4 Å². The summed E-state index contributed by atoms with van der Waals surface area (Å²) in [5, 5.41) is 0.366. The number of ketones is 1. The molecule has 0 N–H and O–H groups in total. The van der Waals surface area contributed by atoms with E-state index in [2.05, 4.69) is 0 Å². The second-order valence-electron chi connectivity index (χ2n) is 3.63. The van der Waals surface area contributed by atoms with Gasteiger partial charge in [-0.15, -0.1) is 0 Å². The zero-order valence-corrected chi connectivity index (χ0v) is 10.4. The van der Waals surface area contributed by atoms with Crippen molar-refractivity contribution >= 4 is 17.5 Å². The lowest BCUT2D eigenvalue weighted by atomic mass is 10.1. The third kappa shape index (κ3) is 3.52. The molecule has 4 heteroatoms. The van der Waals surface area contributed by atoms with Crippen LogP contribution in [0, 0.1) is 5.82 Å². The molecule has 1 aromatic carbocycles. The number of ether oxygens (including phenoxy) is 1. The number of hydrogen-bond acceptors (Lipinski definition) is 3. The topological polar surface area (TPSA) is 26.3 Å². The van der Waals surface area contributed by atoms with Crippen molar-refractivity contribution in [2.45, 2.75) is 19.1 Å². The average Bonchev–Trinajstić information content (AvgIpc) is 2.25. The van der Waals surface area contributed by atoms with Crippen molar-refractivity contribution in [3.05, 3.63) is 29.6 Å². The van der Waals surface area contributed by atoms with Gasteiger partial charge in [0.15, 0.2) is 5.78 Å². The van der Waals surface area contributed by atoms with E-state index < -0.39 is 5.82 Å². The van der Waals surface area contributed by atoms with Crippen molar-refractivity contribution in [1.29, 1.82) is 0 Å². The molecule has 0 aliphatic heterocycles. The highest BCUT2D eigenvalue weighted by Gasteiger charge is 2.13. The quantitative estimate of drug-likeness (QED) is 0.742. The maximum atomic E-state index is 13.5. The fraction of sp³-hybridized carbons (Fsp3) is 0.417. The minimum Gasteiger partial charge on any atom is -0.497 e. The molecule has 0 saturated heterocycles. The van der Waals surface area contributed by atoms with Crippen LogP contribution < -0.4 is 4.74 Å². The van der Waals surface area contributed by atoms with Crippen LogP contribution in [0.5, 0.6) is 5.75 Å². The number of rotatable bonds is 5. The molecule has 0 unspecified atom stereocenters. The Morgan fingerprint density at radius 2 is 2.19 bits per heavy atom. The van der Waals surface area contributed by atoms with Gasteiger partial charge in [0, 0.05) is 6.07 Å². The molecule has 0 amide bonds. The molecule has 0 spiro atoms. The molecular weight excluding hydrogens is 227 g/mol. The van der Waals surface area contributed by atoms with E-state index in [0.717, 1.165) is 0 Å². The summed E-state index contributed by atoms with van der Waals surface area (Å²) in [4.78, 5) is 11.7. The lowest BCUT2D eigenvalue weighted by Gasteiger charge is -2.06. The Labute approximate surface area is 99.2 Å². The van der Waals surface area contributed by atoms with E-state index in [1.54, 1.807) is 6.07 Å². The normalized spacial score (nSPS) is 10.6. The summed E-state index contributed by atoms with van der Waals surface area (Å²) >= 11 is 1.51. The third-order valence-corrected chi connectivity index (χ3v) is 3.12. The van der Waals surface area contributed by atoms with Crippen LogP contribution in [0.4, 0.5) is 4.39 Å². The van der Waals surface area contributed by atoms with Gasteiger partial charge in [0.25, 0.3) is 0 Å². The van der Waals surface area contributed by atoms with E-state index in [9.17, 15) is 9.18 Å². The van der Waals surface area contributed by atoms with Crippen LogP contribution >= 0.6 is 11.8 Å². The Kier molecular flexibility index (Phi) is 4.80. The highest BCUT2D eigenvalue weighted by Crippen LogP contribution is 2.19. The summed E-state index contributed by atoms with van der Waals surface area (Å²) in [6.45, 7) is 4.00. The Hall–Kier alpha value is -1.03. The molecule has 0 heterocycles. The molecule has 1 aromatic rings. The predicted octanol–water partition coefficient (Wildman–Crippen LogP) is 3.16. The molecule has 88 valence electrons. The molecule has 0 radical (unpaired) electrons. The Morgan fingerprint density at radius 1 is 1.50 bits per heavy atom. The van der Waals surface area contributed by atoms with Crippen LogP contribution in [-0.4, -0.2) is 23.9 Å². The Morgan fingerprint density at radius 3 is 2.69 bits per heavy atom. The number of thioether (sulfide) groups is 1. The molecule has 0 aliphatic carbocycles. The third-order valence-electron chi connectivity index (χ3n) is 2.02. The van der Waals surface area contributed by atoms with E-state index in [1.807, 2.05) is 13.8 Å². The van der Waals surface area contributed by atoms with E-state index in [0.29, 0.717) is 16.8 Å².